The van der Waals surface area contributed by atoms with E-state index in [2.05, 4.69) is 10.3 Å². The summed E-state index contributed by atoms with van der Waals surface area (Å²) in [5, 5.41) is 3.46. The van der Waals surface area contributed by atoms with Crippen LogP contribution in [-0.2, 0) is 4.79 Å². The number of anilines is 1. The largest absolute Gasteiger partial charge is 0.495 e. The molecule has 5 heteroatoms. The number of methoxy groups -OCH3 is 1. The summed E-state index contributed by atoms with van der Waals surface area (Å²) < 4.78 is 5.21. The number of aromatic nitrogens is 1. The molecule has 1 N–H and O–H groups in total. The number of rotatable bonds is 5. The topological polar surface area (TPSA) is 51.2 Å². The zero-order chi connectivity index (χ0) is 14.4. The zero-order valence-electron chi connectivity index (χ0n) is 11.4. The first-order valence-corrected chi connectivity index (χ1v) is 7.10. The number of pyridine rings is 1. The van der Waals surface area contributed by atoms with E-state index in [-0.39, 0.29) is 11.2 Å². The average molecular weight is 288 g/mol. The Morgan fingerprint density at radius 2 is 2.00 bits per heavy atom. The van der Waals surface area contributed by atoms with Gasteiger partial charge in [0.05, 0.1) is 23.1 Å². The van der Waals surface area contributed by atoms with Gasteiger partial charge >= 0.3 is 0 Å². The first-order valence-electron chi connectivity index (χ1n) is 6.22. The number of thioether (sulfide) groups is 1. The van der Waals surface area contributed by atoms with Crippen molar-refractivity contribution in [3.63, 3.8) is 0 Å². The van der Waals surface area contributed by atoms with Crippen molar-refractivity contribution in [2.45, 2.75) is 17.2 Å². The molecular weight excluding hydrogens is 272 g/mol. The van der Waals surface area contributed by atoms with Crippen LogP contribution in [0.2, 0.25) is 0 Å². The fraction of sp³-hybridized carbons (Fsp3) is 0.200. The molecule has 104 valence electrons. The van der Waals surface area contributed by atoms with E-state index >= 15 is 0 Å². The zero-order valence-corrected chi connectivity index (χ0v) is 12.2. The summed E-state index contributed by atoms with van der Waals surface area (Å²) in [5.74, 6) is 0.570. The molecule has 0 aliphatic carbocycles. The van der Waals surface area contributed by atoms with Crippen molar-refractivity contribution in [1.82, 2.24) is 4.98 Å². The van der Waals surface area contributed by atoms with Crippen LogP contribution >= 0.6 is 11.8 Å². The smallest absolute Gasteiger partial charge is 0.237 e. The van der Waals surface area contributed by atoms with Gasteiger partial charge in [0, 0.05) is 6.20 Å². The molecule has 0 saturated carbocycles. The number of ether oxygens (including phenoxy) is 1. The third kappa shape index (κ3) is 3.74. The fourth-order valence-electron chi connectivity index (χ4n) is 1.63. The van der Waals surface area contributed by atoms with Crippen molar-refractivity contribution in [2.75, 3.05) is 12.4 Å². The standard InChI is InChI=1S/C15H16N2O2S/c1-11(20-14-9-5-6-10-16-14)15(18)17-12-7-3-4-8-13(12)19-2/h3-11H,1-2H3,(H,17,18)/t11-/m1/s1. The van der Waals surface area contributed by atoms with Gasteiger partial charge in [0.25, 0.3) is 0 Å². The van der Waals surface area contributed by atoms with Gasteiger partial charge in [0.1, 0.15) is 5.75 Å². The first-order chi connectivity index (χ1) is 9.70. The molecule has 1 aromatic carbocycles. The van der Waals surface area contributed by atoms with E-state index in [9.17, 15) is 4.79 Å². The van der Waals surface area contributed by atoms with E-state index in [4.69, 9.17) is 4.74 Å². The minimum absolute atomic E-state index is 0.0786. The van der Waals surface area contributed by atoms with Crippen molar-refractivity contribution in [3.05, 3.63) is 48.7 Å². The predicted octanol–water partition coefficient (Wildman–Crippen LogP) is 3.21. The molecule has 1 aromatic heterocycles. The fourth-order valence-corrected chi connectivity index (χ4v) is 2.44. The molecule has 0 aliphatic heterocycles. The minimum Gasteiger partial charge on any atom is -0.495 e. The Morgan fingerprint density at radius 1 is 1.25 bits per heavy atom. The highest BCUT2D eigenvalue weighted by atomic mass is 32.2. The minimum atomic E-state index is -0.241. The van der Waals surface area contributed by atoms with Crippen LogP contribution in [0.4, 0.5) is 5.69 Å². The molecule has 20 heavy (non-hydrogen) atoms. The normalized spacial score (nSPS) is 11.7. The van der Waals surface area contributed by atoms with Gasteiger partial charge in [0.2, 0.25) is 5.91 Å². The number of carbonyl (C=O) groups is 1. The van der Waals surface area contributed by atoms with Gasteiger partial charge in [-0.15, -0.1) is 0 Å². The Labute approximate surface area is 122 Å². The van der Waals surface area contributed by atoms with Gasteiger partial charge in [0.15, 0.2) is 0 Å². The highest BCUT2D eigenvalue weighted by molar-refractivity contribution is 8.00. The Kier molecular flexibility index (Phi) is 5.01. The SMILES string of the molecule is COc1ccccc1NC(=O)[C@@H](C)Sc1ccccn1. The van der Waals surface area contributed by atoms with E-state index < -0.39 is 0 Å². The van der Waals surface area contributed by atoms with Gasteiger partial charge in [-0.1, -0.05) is 30.0 Å². The van der Waals surface area contributed by atoms with Crippen molar-refractivity contribution in [1.29, 1.82) is 0 Å². The Bertz CT molecular complexity index is 575. The third-order valence-corrected chi connectivity index (χ3v) is 3.72. The molecular formula is C15H16N2O2S. The van der Waals surface area contributed by atoms with Crippen molar-refractivity contribution >= 4 is 23.4 Å². The lowest BCUT2D eigenvalue weighted by molar-refractivity contribution is -0.115. The van der Waals surface area contributed by atoms with Crippen molar-refractivity contribution < 1.29 is 9.53 Å². The quantitative estimate of drug-likeness (QED) is 0.858. The van der Waals surface area contributed by atoms with Gasteiger partial charge in [-0.2, -0.15) is 0 Å². The van der Waals surface area contributed by atoms with E-state index in [1.165, 1.54) is 11.8 Å². The summed E-state index contributed by atoms with van der Waals surface area (Å²) >= 11 is 1.42. The summed E-state index contributed by atoms with van der Waals surface area (Å²) in [4.78, 5) is 16.4. The molecule has 1 heterocycles. The molecule has 0 fully saturated rings. The van der Waals surface area contributed by atoms with Crippen LogP contribution < -0.4 is 10.1 Å². The second-order valence-electron chi connectivity index (χ2n) is 4.12. The first kappa shape index (κ1) is 14.4. The lowest BCUT2D eigenvalue weighted by Crippen LogP contribution is -2.22. The number of nitrogens with one attached hydrogen (secondary N) is 1. The van der Waals surface area contributed by atoms with Gasteiger partial charge in [-0.3, -0.25) is 4.79 Å². The molecule has 0 unspecified atom stereocenters. The van der Waals surface area contributed by atoms with Crippen molar-refractivity contribution in [3.8, 4) is 5.75 Å². The Hall–Kier alpha value is -2.01. The second kappa shape index (κ2) is 6.96. The molecule has 2 rings (SSSR count). The molecule has 0 bridgehead atoms. The molecule has 1 amide bonds. The molecule has 2 aromatic rings. The number of nitrogens with zero attached hydrogens (tertiary/aromatic N) is 1. The lowest BCUT2D eigenvalue weighted by Gasteiger charge is -2.13. The van der Waals surface area contributed by atoms with E-state index in [0.29, 0.717) is 11.4 Å². The van der Waals surface area contributed by atoms with Crippen LogP contribution in [0.25, 0.3) is 0 Å². The molecule has 0 saturated heterocycles. The summed E-state index contributed by atoms with van der Waals surface area (Å²) in [6.45, 7) is 1.85. The van der Waals surface area contributed by atoms with Crippen LogP contribution in [0.5, 0.6) is 5.75 Å². The number of carbonyl (C=O) groups excluding carboxylic acids is 1. The highest BCUT2D eigenvalue weighted by Crippen LogP contribution is 2.26. The summed E-state index contributed by atoms with van der Waals surface area (Å²) in [6, 6.07) is 13.0. The summed E-state index contributed by atoms with van der Waals surface area (Å²) in [7, 11) is 1.58. The maximum Gasteiger partial charge on any atom is 0.237 e. The second-order valence-corrected chi connectivity index (χ2v) is 5.48. The van der Waals surface area contributed by atoms with Gasteiger partial charge < -0.3 is 10.1 Å². The molecule has 0 aliphatic rings. The maximum atomic E-state index is 12.2. The summed E-state index contributed by atoms with van der Waals surface area (Å²) in [6.07, 6.45) is 1.72. The van der Waals surface area contributed by atoms with Crippen LogP contribution in [-0.4, -0.2) is 23.3 Å². The maximum absolute atomic E-state index is 12.2. The number of hydrogen-bond acceptors (Lipinski definition) is 4. The van der Waals surface area contributed by atoms with E-state index in [0.717, 1.165) is 5.03 Å². The van der Waals surface area contributed by atoms with Crippen LogP contribution in [0.3, 0.4) is 0 Å². The summed E-state index contributed by atoms with van der Waals surface area (Å²) in [5.41, 5.74) is 0.675. The van der Waals surface area contributed by atoms with E-state index in [1.807, 2.05) is 49.4 Å². The monoisotopic (exact) mass is 288 g/mol. The average Bonchev–Trinajstić information content (AvgIpc) is 2.48. The predicted molar refractivity (Wildman–Crippen MR) is 81.2 cm³/mol. The number of amides is 1. The highest BCUT2D eigenvalue weighted by Gasteiger charge is 2.16. The molecule has 1 atom stereocenters. The molecule has 4 nitrogen and oxygen atoms in total. The number of para-hydroxylation sites is 2. The van der Waals surface area contributed by atoms with Crippen LogP contribution in [0.15, 0.2) is 53.7 Å². The van der Waals surface area contributed by atoms with Gasteiger partial charge in [-0.05, 0) is 31.2 Å². The molecule has 0 radical (unpaired) electrons. The Morgan fingerprint density at radius 3 is 2.70 bits per heavy atom. The van der Waals surface area contributed by atoms with Gasteiger partial charge in [-0.25, -0.2) is 4.98 Å². The lowest BCUT2D eigenvalue weighted by atomic mass is 10.3. The third-order valence-electron chi connectivity index (χ3n) is 2.67. The Balaban J connectivity index is 2.01. The van der Waals surface area contributed by atoms with E-state index in [1.54, 1.807) is 13.3 Å². The molecule has 0 spiro atoms. The number of benzene rings is 1. The van der Waals surface area contributed by atoms with Crippen molar-refractivity contribution in [2.24, 2.45) is 0 Å². The number of hydrogen-bond donors (Lipinski definition) is 1. The van der Waals surface area contributed by atoms with Crippen LogP contribution in [0.1, 0.15) is 6.92 Å². The van der Waals surface area contributed by atoms with Crippen LogP contribution in [0, 0.1) is 0 Å².